The quantitative estimate of drug-likeness (QED) is 0.808. The van der Waals surface area contributed by atoms with Gasteiger partial charge in [0.15, 0.2) is 0 Å². The van der Waals surface area contributed by atoms with Gasteiger partial charge in [0.1, 0.15) is 0 Å². The fourth-order valence-electron chi connectivity index (χ4n) is 4.01. The highest BCUT2D eigenvalue weighted by molar-refractivity contribution is 5.79. The van der Waals surface area contributed by atoms with E-state index in [1.54, 1.807) is 20.3 Å². The topological polar surface area (TPSA) is 67.8 Å². The van der Waals surface area contributed by atoms with Gasteiger partial charge < -0.3 is 19.3 Å². The molecule has 2 aromatic rings. The Labute approximate surface area is 165 Å². The van der Waals surface area contributed by atoms with Gasteiger partial charge in [0.05, 0.1) is 20.3 Å². The van der Waals surface area contributed by atoms with Crippen LogP contribution >= 0.6 is 0 Å². The molecule has 0 N–H and O–H groups in total. The normalized spacial score (nSPS) is 17.2. The Hall–Kier alpha value is -2.83. The van der Waals surface area contributed by atoms with Crippen LogP contribution in [-0.4, -0.2) is 54.6 Å². The first-order chi connectivity index (χ1) is 13.7. The van der Waals surface area contributed by atoms with Gasteiger partial charge in [-0.2, -0.15) is 9.97 Å². The van der Waals surface area contributed by atoms with E-state index in [-0.39, 0.29) is 11.8 Å². The van der Waals surface area contributed by atoms with Gasteiger partial charge in [0, 0.05) is 32.1 Å². The predicted molar refractivity (Wildman–Crippen MR) is 106 cm³/mol. The lowest BCUT2D eigenvalue weighted by atomic mass is 9.93. The number of piperidine rings is 1. The first-order valence-electron chi connectivity index (χ1n) is 9.75. The molecule has 1 saturated heterocycles. The smallest absolute Gasteiger partial charge is 0.231 e. The summed E-state index contributed by atoms with van der Waals surface area (Å²) in [6, 6.07) is 10.1. The summed E-state index contributed by atoms with van der Waals surface area (Å²) in [6.07, 6.45) is 2.55. The van der Waals surface area contributed by atoms with Crippen LogP contribution in [-0.2, 0) is 17.8 Å². The molecule has 0 aliphatic carbocycles. The predicted octanol–water partition coefficient (Wildman–Crippen LogP) is 2.30. The van der Waals surface area contributed by atoms with Crippen LogP contribution in [0.3, 0.4) is 0 Å². The van der Waals surface area contributed by atoms with Crippen LogP contribution in [0.25, 0.3) is 0 Å². The van der Waals surface area contributed by atoms with Crippen molar-refractivity contribution in [1.82, 2.24) is 14.9 Å². The van der Waals surface area contributed by atoms with Gasteiger partial charge in [-0.1, -0.05) is 24.3 Å². The maximum Gasteiger partial charge on any atom is 0.231 e. The molecule has 4 rings (SSSR count). The molecule has 7 nitrogen and oxygen atoms in total. The van der Waals surface area contributed by atoms with Crippen LogP contribution in [0.15, 0.2) is 30.3 Å². The minimum Gasteiger partial charge on any atom is -0.481 e. The number of nitrogens with zero attached hydrogens (tertiary/aromatic N) is 4. The number of amides is 1. The summed E-state index contributed by atoms with van der Waals surface area (Å²) in [5.41, 5.74) is 2.64. The van der Waals surface area contributed by atoms with Crippen LogP contribution in [0.5, 0.6) is 11.8 Å². The molecule has 0 saturated carbocycles. The highest BCUT2D eigenvalue weighted by atomic mass is 16.5. The summed E-state index contributed by atoms with van der Waals surface area (Å²) in [7, 11) is 3.15. The zero-order valence-corrected chi connectivity index (χ0v) is 16.4. The lowest BCUT2D eigenvalue weighted by molar-refractivity contribution is -0.137. The average molecular weight is 382 g/mol. The van der Waals surface area contributed by atoms with Gasteiger partial charge in [0.2, 0.25) is 23.6 Å². The van der Waals surface area contributed by atoms with E-state index in [4.69, 9.17) is 9.47 Å². The van der Waals surface area contributed by atoms with Gasteiger partial charge in [-0.05, 0) is 30.4 Å². The van der Waals surface area contributed by atoms with Crippen LogP contribution in [0.1, 0.15) is 24.0 Å². The molecule has 1 aromatic heterocycles. The summed E-state index contributed by atoms with van der Waals surface area (Å²) in [6.45, 7) is 3.03. The van der Waals surface area contributed by atoms with Crippen molar-refractivity contribution in [3.05, 3.63) is 41.5 Å². The number of hydrogen-bond donors (Lipinski definition) is 0. The third kappa shape index (κ3) is 3.74. The molecule has 0 radical (unpaired) electrons. The summed E-state index contributed by atoms with van der Waals surface area (Å²) in [5, 5.41) is 0. The van der Waals surface area contributed by atoms with Gasteiger partial charge in [-0.15, -0.1) is 0 Å². The molecule has 2 aliphatic heterocycles. The minimum absolute atomic E-state index is 0.0639. The van der Waals surface area contributed by atoms with E-state index in [1.807, 2.05) is 11.0 Å². The number of carbonyl (C=O) groups excluding carboxylic acids is 1. The Kier molecular flexibility index (Phi) is 5.32. The van der Waals surface area contributed by atoms with Crippen molar-refractivity contribution in [3.8, 4) is 11.8 Å². The number of carbonyl (C=O) groups is 1. The van der Waals surface area contributed by atoms with E-state index in [0.717, 1.165) is 45.4 Å². The standard InChI is InChI=1S/C21H26N4O3/c1-27-18-13-19(28-2)23-21(22-18)24-10-8-16(9-11-24)20(26)25-12-7-15-5-3-4-6-17(15)14-25/h3-6,13,16H,7-12,14H2,1-2H3. The molecule has 1 fully saturated rings. The zero-order valence-electron chi connectivity index (χ0n) is 16.4. The first kappa shape index (κ1) is 18.5. The number of methoxy groups -OCH3 is 2. The van der Waals surface area contributed by atoms with Crippen molar-refractivity contribution in [2.75, 3.05) is 38.8 Å². The fourth-order valence-corrected chi connectivity index (χ4v) is 4.01. The Morgan fingerprint density at radius 3 is 2.29 bits per heavy atom. The molecule has 7 heteroatoms. The second-order valence-corrected chi connectivity index (χ2v) is 7.29. The second-order valence-electron chi connectivity index (χ2n) is 7.29. The lowest BCUT2D eigenvalue weighted by Gasteiger charge is -2.36. The molecule has 148 valence electrons. The zero-order chi connectivity index (χ0) is 19.5. The second kappa shape index (κ2) is 8.04. The van der Waals surface area contributed by atoms with Gasteiger partial charge in [-0.3, -0.25) is 4.79 Å². The number of anilines is 1. The Bertz CT molecular complexity index is 827. The van der Waals surface area contributed by atoms with E-state index in [1.165, 1.54) is 11.1 Å². The van der Waals surface area contributed by atoms with Crippen molar-refractivity contribution in [1.29, 1.82) is 0 Å². The highest BCUT2D eigenvalue weighted by Crippen LogP contribution is 2.27. The first-order valence-corrected chi connectivity index (χ1v) is 9.75. The van der Waals surface area contributed by atoms with Crippen molar-refractivity contribution >= 4 is 11.9 Å². The van der Waals surface area contributed by atoms with E-state index < -0.39 is 0 Å². The van der Waals surface area contributed by atoms with Crippen LogP contribution in [0.2, 0.25) is 0 Å². The number of ether oxygens (including phenoxy) is 2. The van der Waals surface area contributed by atoms with Crippen molar-refractivity contribution in [2.45, 2.75) is 25.8 Å². The average Bonchev–Trinajstić information content (AvgIpc) is 2.78. The number of fused-ring (bicyclic) bond motifs is 1. The summed E-state index contributed by atoms with van der Waals surface area (Å²) < 4.78 is 10.5. The molecule has 1 amide bonds. The van der Waals surface area contributed by atoms with E-state index >= 15 is 0 Å². The maximum atomic E-state index is 13.0. The number of rotatable bonds is 4. The third-order valence-corrected chi connectivity index (χ3v) is 5.65. The molecule has 3 heterocycles. The third-order valence-electron chi connectivity index (χ3n) is 5.65. The van der Waals surface area contributed by atoms with Crippen molar-refractivity contribution in [2.24, 2.45) is 5.92 Å². The molecule has 0 atom stereocenters. The molecule has 0 unspecified atom stereocenters. The highest BCUT2D eigenvalue weighted by Gasteiger charge is 2.31. The number of hydrogen-bond acceptors (Lipinski definition) is 6. The lowest BCUT2D eigenvalue weighted by Crippen LogP contribution is -2.44. The molecule has 28 heavy (non-hydrogen) atoms. The molecular formula is C21H26N4O3. The summed E-state index contributed by atoms with van der Waals surface area (Å²) in [5.74, 6) is 1.89. The molecule has 0 bridgehead atoms. The van der Waals surface area contributed by atoms with Crippen molar-refractivity contribution < 1.29 is 14.3 Å². The van der Waals surface area contributed by atoms with Crippen molar-refractivity contribution in [3.63, 3.8) is 0 Å². The molecule has 0 spiro atoms. The van der Waals surface area contributed by atoms with E-state index in [2.05, 4.69) is 33.1 Å². The SMILES string of the molecule is COc1cc(OC)nc(N2CCC(C(=O)N3CCc4ccccc4C3)CC2)n1. The van der Waals surface area contributed by atoms with Crippen LogP contribution in [0, 0.1) is 5.92 Å². The summed E-state index contributed by atoms with van der Waals surface area (Å²) >= 11 is 0. The minimum atomic E-state index is 0.0639. The Morgan fingerprint density at radius 1 is 1.00 bits per heavy atom. The van der Waals surface area contributed by atoms with Crippen LogP contribution in [0.4, 0.5) is 5.95 Å². The Balaban J connectivity index is 1.39. The number of benzene rings is 1. The maximum absolute atomic E-state index is 13.0. The largest absolute Gasteiger partial charge is 0.481 e. The molecule has 1 aromatic carbocycles. The fraction of sp³-hybridized carbons (Fsp3) is 0.476. The van der Waals surface area contributed by atoms with Gasteiger partial charge in [0.25, 0.3) is 0 Å². The monoisotopic (exact) mass is 382 g/mol. The molecule has 2 aliphatic rings. The van der Waals surface area contributed by atoms with Crippen LogP contribution < -0.4 is 14.4 Å². The Morgan fingerprint density at radius 2 is 1.64 bits per heavy atom. The van der Waals surface area contributed by atoms with Gasteiger partial charge in [-0.25, -0.2) is 0 Å². The van der Waals surface area contributed by atoms with Gasteiger partial charge >= 0.3 is 0 Å². The molecular weight excluding hydrogens is 356 g/mol. The van der Waals surface area contributed by atoms with E-state index in [0.29, 0.717) is 17.7 Å². The van der Waals surface area contributed by atoms with E-state index in [9.17, 15) is 4.79 Å². The number of aromatic nitrogens is 2. The summed E-state index contributed by atoms with van der Waals surface area (Å²) in [4.78, 5) is 26.0.